The van der Waals surface area contributed by atoms with E-state index in [1.165, 1.54) is 0 Å². The van der Waals surface area contributed by atoms with Crippen molar-refractivity contribution in [3.8, 4) is 5.75 Å². The fourth-order valence-corrected chi connectivity index (χ4v) is 2.49. The molecule has 3 nitrogen and oxygen atoms in total. The maximum absolute atomic E-state index is 11.8. The summed E-state index contributed by atoms with van der Waals surface area (Å²) in [5.74, 6) is 0.567. The van der Waals surface area contributed by atoms with Gasteiger partial charge in [0.25, 0.3) is 5.91 Å². The second kappa shape index (κ2) is 7.65. The van der Waals surface area contributed by atoms with Crippen LogP contribution in [-0.2, 0) is 11.3 Å². The summed E-state index contributed by atoms with van der Waals surface area (Å²) in [6, 6.07) is 11.3. The minimum Gasteiger partial charge on any atom is -0.483 e. The van der Waals surface area contributed by atoms with Gasteiger partial charge in [0.15, 0.2) is 6.61 Å². The number of halogens is 2. The molecule has 0 atom stereocenters. The molecule has 116 valence electrons. The molecule has 2 aromatic carbocycles. The van der Waals surface area contributed by atoms with Crippen LogP contribution in [0.25, 0.3) is 0 Å². The lowest BCUT2D eigenvalue weighted by atomic mass is 10.1. The molecule has 0 heterocycles. The van der Waals surface area contributed by atoms with E-state index in [-0.39, 0.29) is 12.5 Å². The van der Waals surface area contributed by atoms with Gasteiger partial charge in [0.05, 0.1) is 0 Å². The smallest absolute Gasteiger partial charge is 0.258 e. The number of aryl methyl sites for hydroxylation is 2. The van der Waals surface area contributed by atoms with Crippen molar-refractivity contribution in [1.82, 2.24) is 5.32 Å². The van der Waals surface area contributed by atoms with E-state index in [0.29, 0.717) is 11.6 Å². The van der Waals surface area contributed by atoms with Crippen molar-refractivity contribution >= 4 is 33.4 Å². The Bertz CT molecular complexity index is 671. The van der Waals surface area contributed by atoms with E-state index in [9.17, 15) is 4.79 Å². The quantitative estimate of drug-likeness (QED) is 0.831. The molecule has 0 saturated heterocycles. The highest BCUT2D eigenvalue weighted by Crippen LogP contribution is 2.26. The molecule has 22 heavy (non-hydrogen) atoms. The maximum Gasteiger partial charge on any atom is 0.258 e. The number of hydrogen-bond donors (Lipinski definition) is 1. The Labute approximate surface area is 143 Å². The molecular formula is C17H17BrClNO2. The molecule has 0 aliphatic rings. The largest absolute Gasteiger partial charge is 0.483 e. The van der Waals surface area contributed by atoms with Crippen molar-refractivity contribution in [2.75, 3.05) is 6.61 Å². The first-order chi connectivity index (χ1) is 10.5. The molecule has 0 fully saturated rings. The molecule has 0 spiro atoms. The van der Waals surface area contributed by atoms with Crippen LogP contribution in [0.4, 0.5) is 0 Å². The van der Waals surface area contributed by atoms with E-state index < -0.39 is 0 Å². The van der Waals surface area contributed by atoms with Gasteiger partial charge in [-0.25, -0.2) is 0 Å². The summed E-state index contributed by atoms with van der Waals surface area (Å²) >= 11 is 9.29. The molecule has 0 aliphatic heterocycles. The molecule has 5 heteroatoms. The van der Waals surface area contributed by atoms with Crippen LogP contribution in [0, 0.1) is 13.8 Å². The first kappa shape index (κ1) is 16.8. The van der Waals surface area contributed by atoms with E-state index in [1.807, 2.05) is 38.1 Å². The van der Waals surface area contributed by atoms with Gasteiger partial charge in [0.2, 0.25) is 0 Å². The van der Waals surface area contributed by atoms with E-state index in [0.717, 1.165) is 26.9 Å². The summed E-state index contributed by atoms with van der Waals surface area (Å²) in [7, 11) is 0. The van der Waals surface area contributed by atoms with Crippen LogP contribution in [0.1, 0.15) is 16.7 Å². The second-order valence-electron chi connectivity index (χ2n) is 5.06. The minimum atomic E-state index is -0.157. The Morgan fingerprint density at radius 1 is 1.18 bits per heavy atom. The van der Waals surface area contributed by atoms with E-state index in [2.05, 4.69) is 21.2 Å². The number of carbonyl (C=O) groups excluding carboxylic acids is 1. The van der Waals surface area contributed by atoms with Gasteiger partial charge in [0.1, 0.15) is 5.75 Å². The van der Waals surface area contributed by atoms with E-state index in [4.69, 9.17) is 16.3 Å². The van der Waals surface area contributed by atoms with Crippen LogP contribution in [0.2, 0.25) is 5.02 Å². The van der Waals surface area contributed by atoms with Gasteiger partial charge in [-0.05, 0) is 54.8 Å². The molecule has 0 unspecified atom stereocenters. The van der Waals surface area contributed by atoms with Gasteiger partial charge in [-0.1, -0.05) is 39.7 Å². The van der Waals surface area contributed by atoms with Crippen molar-refractivity contribution in [3.05, 3.63) is 62.6 Å². The normalized spacial score (nSPS) is 10.4. The monoisotopic (exact) mass is 381 g/mol. The molecule has 2 aromatic rings. The molecule has 2 rings (SSSR count). The third-order valence-corrected chi connectivity index (χ3v) is 4.32. The van der Waals surface area contributed by atoms with Crippen LogP contribution < -0.4 is 10.1 Å². The zero-order chi connectivity index (χ0) is 16.1. The number of carbonyl (C=O) groups is 1. The number of hydrogen-bond acceptors (Lipinski definition) is 2. The van der Waals surface area contributed by atoms with Crippen molar-refractivity contribution < 1.29 is 9.53 Å². The molecule has 0 aliphatic carbocycles. The Morgan fingerprint density at radius 2 is 1.86 bits per heavy atom. The van der Waals surface area contributed by atoms with Gasteiger partial charge in [0, 0.05) is 16.0 Å². The number of benzene rings is 2. The number of rotatable bonds is 5. The van der Waals surface area contributed by atoms with Crippen molar-refractivity contribution in [2.45, 2.75) is 20.4 Å². The van der Waals surface area contributed by atoms with Gasteiger partial charge >= 0.3 is 0 Å². The van der Waals surface area contributed by atoms with Crippen LogP contribution >= 0.6 is 27.5 Å². The Balaban J connectivity index is 1.85. The molecule has 0 saturated carbocycles. The highest BCUT2D eigenvalue weighted by atomic mass is 79.9. The molecule has 0 radical (unpaired) electrons. The van der Waals surface area contributed by atoms with Crippen LogP contribution in [0.5, 0.6) is 5.75 Å². The van der Waals surface area contributed by atoms with Crippen LogP contribution in [0.3, 0.4) is 0 Å². The standard InChI is InChI=1S/C17H17BrClNO2/c1-11-8-16(12(2)7-15(11)18)22-10-17(21)20-9-13-3-5-14(19)6-4-13/h3-8H,9-10H2,1-2H3,(H,20,21). The van der Waals surface area contributed by atoms with Crippen molar-refractivity contribution in [1.29, 1.82) is 0 Å². The zero-order valence-electron chi connectivity index (χ0n) is 12.5. The first-order valence-corrected chi connectivity index (χ1v) is 8.03. The maximum atomic E-state index is 11.8. The summed E-state index contributed by atoms with van der Waals surface area (Å²) in [5.41, 5.74) is 3.05. The fraction of sp³-hybridized carbons (Fsp3) is 0.235. The summed E-state index contributed by atoms with van der Waals surface area (Å²) in [5, 5.41) is 3.50. The predicted octanol–water partition coefficient (Wildman–Crippen LogP) is 4.41. The van der Waals surface area contributed by atoms with E-state index >= 15 is 0 Å². The zero-order valence-corrected chi connectivity index (χ0v) is 14.8. The molecular weight excluding hydrogens is 366 g/mol. The first-order valence-electron chi connectivity index (χ1n) is 6.86. The molecule has 0 bridgehead atoms. The average Bonchev–Trinajstić information content (AvgIpc) is 2.49. The topological polar surface area (TPSA) is 38.3 Å². The number of nitrogens with one attached hydrogen (secondary N) is 1. The third-order valence-electron chi connectivity index (χ3n) is 3.22. The van der Waals surface area contributed by atoms with Gasteiger partial charge in [-0.2, -0.15) is 0 Å². The Hall–Kier alpha value is -1.52. The van der Waals surface area contributed by atoms with Crippen molar-refractivity contribution in [2.24, 2.45) is 0 Å². The van der Waals surface area contributed by atoms with Gasteiger partial charge < -0.3 is 10.1 Å². The number of ether oxygens (including phenoxy) is 1. The fourth-order valence-electron chi connectivity index (χ4n) is 1.91. The lowest BCUT2D eigenvalue weighted by Gasteiger charge is -2.11. The highest BCUT2D eigenvalue weighted by Gasteiger charge is 2.07. The summed E-state index contributed by atoms with van der Waals surface area (Å²) in [6.07, 6.45) is 0. The van der Waals surface area contributed by atoms with Crippen molar-refractivity contribution in [3.63, 3.8) is 0 Å². The van der Waals surface area contributed by atoms with Crippen LogP contribution in [-0.4, -0.2) is 12.5 Å². The lowest BCUT2D eigenvalue weighted by molar-refractivity contribution is -0.123. The summed E-state index contributed by atoms with van der Waals surface area (Å²) < 4.78 is 6.62. The molecule has 1 N–H and O–H groups in total. The summed E-state index contributed by atoms with van der Waals surface area (Å²) in [4.78, 5) is 11.8. The van der Waals surface area contributed by atoms with Gasteiger partial charge in [-0.3, -0.25) is 4.79 Å². The van der Waals surface area contributed by atoms with Crippen LogP contribution in [0.15, 0.2) is 40.9 Å². The minimum absolute atomic E-state index is 0.00446. The Morgan fingerprint density at radius 3 is 2.55 bits per heavy atom. The SMILES string of the molecule is Cc1cc(OCC(=O)NCc2ccc(Cl)cc2)c(C)cc1Br. The highest BCUT2D eigenvalue weighted by molar-refractivity contribution is 9.10. The lowest BCUT2D eigenvalue weighted by Crippen LogP contribution is -2.28. The Kier molecular flexibility index (Phi) is 5.86. The van der Waals surface area contributed by atoms with E-state index in [1.54, 1.807) is 12.1 Å². The second-order valence-corrected chi connectivity index (χ2v) is 6.35. The average molecular weight is 383 g/mol. The molecule has 1 amide bonds. The summed E-state index contributed by atoms with van der Waals surface area (Å²) in [6.45, 7) is 4.38. The third kappa shape index (κ3) is 4.75. The number of amides is 1. The molecule has 0 aromatic heterocycles. The predicted molar refractivity (Wildman–Crippen MR) is 92.4 cm³/mol. The van der Waals surface area contributed by atoms with Gasteiger partial charge in [-0.15, -0.1) is 0 Å².